The Morgan fingerprint density at radius 3 is 2.13 bits per heavy atom. The molecule has 0 amide bonds. The molecule has 1 aromatic carbocycles. The van der Waals surface area contributed by atoms with Crippen molar-refractivity contribution in [3.05, 3.63) is 35.4 Å². The van der Waals surface area contributed by atoms with E-state index in [-0.39, 0.29) is 0 Å². The predicted molar refractivity (Wildman–Crippen MR) is 63.3 cm³/mol. The van der Waals surface area contributed by atoms with Crippen LogP contribution in [0.2, 0.25) is 0 Å². The van der Waals surface area contributed by atoms with E-state index in [1.165, 1.54) is 12.1 Å². The number of carbonyl (C=O) groups is 1. The van der Waals surface area contributed by atoms with E-state index in [2.05, 4.69) is 4.74 Å². The molecule has 0 bridgehead atoms. The Kier molecular flexibility index (Phi) is 5.30. The number of aliphatic hydroxyl groups excluding tert-OH is 1. The van der Waals surface area contributed by atoms with Gasteiger partial charge < -0.3 is 9.84 Å². The van der Waals surface area contributed by atoms with Gasteiger partial charge in [-0.05, 0) is 11.6 Å². The third kappa shape index (κ3) is 3.74. The van der Waals surface area contributed by atoms with Crippen LogP contribution in [0, 0.1) is 0 Å². The third-order valence-electron chi connectivity index (χ3n) is 2.99. The van der Waals surface area contributed by atoms with Crippen molar-refractivity contribution in [3.8, 4) is 0 Å². The largest absolute Gasteiger partial charge is 0.465 e. The van der Waals surface area contributed by atoms with Crippen molar-refractivity contribution in [1.29, 1.82) is 0 Å². The number of benzene rings is 1. The summed E-state index contributed by atoms with van der Waals surface area (Å²) >= 11 is 0. The Hall–Kier alpha value is -1.84. The van der Waals surface area contributed by atoms with Crippen molar-refractivity contribution < 1.29 is 45.4 Å². The molecule has 0 heterocycles. The van der Waals surface area contributed by atoms with Gasteiger partial charge in [-0.15, -0.1) is 0 Å². The van der Waals surface area contributed by atoms with Crippen LogP contribution in [0.3, 0.4) is 0 Å². The lowest BCUT2D eigenvalue weighted by atomic mass is 9.95. The molecule has 0 aliphatic rings. The van der Waals surface area contributed by atoms with Crippen LogP contribution in [-0.2, 0) is 4.74 Å². The minimum absolute atomic E-state index is 0.423. The van der Waals surface area contributed by atoms with E-state index in [0.717, 1.165) is 19.2 Å². The molecule has 1 N–H and O–H groups in total. The summed E-state index contributed by atoms with van der Waals surface area (Å²) in [5, 5.41) is 9.62. The molecule has 10 heteroatoms. The number of hydrogen-bond acceptors (Lipinski definition) is 3. The van der Waals surface area contributed by atoms with Crippen LogP contribution in [0.15, 0.2) is 24.3 Å². The maximum absolute atomic E-state index is 13.3. The first kappa shape index (κ1) is 19.2. The van der Waals surface area contributed by atoms with E-state index in [1.54, 1.807) is 0 Å². The molecule has 1 atom stereocenters. The highest BCUT2D eigenvalue weighted by Gasteiger charge is 2.72. The van der Waals surface area contributed by atoms with Crippen molar-refractivity contribution in [3.63, 3.8) is 0 Å². The van der Waals surface area contributed by atoms with E-state index < -0.39 is 47.6 Å². The number of aliphatic hydroxyl groups is 1. The third-order valence-corrected chi connectivity index (χ3v) is 2.99. The Morgan fingerprint density at radius 2 is 1.65 bits per heavy atom. The van der Waals surface area contributed by atoms with E-state index in [9.17, 15) is 40.6 Å². The summed E-state index contributed by atoms with van der Waals surface area (Å²) < 4.78 is 92.8. The van der Waals surface area contributed by atoms with Gasteiger partial charge in [0, 0.05) is 6.42 Å². The number of ether oxygens (including phenoxy) is 1. The Morgan fingerprint density at radius 1 is 1.13 bits per heavy atom. The predicted octanol–water partition coefficient (Wildman–Crippen LogP) is 3.73. The van der Waals surface area contributed by atoms with Crippen molar-refractivity contribution in [2.45, 2.75) is 30.5 Å². The molecule has 0 fully saturated rings. The first-order chi connectivity index (χ1) is 10.3. The molecule has 0 spiro atoms. The van der Waals surface area contributed by atoms with Gasteiger partial charge in [-0.2, -0.15) is 30.7 Å². The molecule has 1 aromatic rings. The summed E-state index contributed by atoms with van der Waals surface area (Å²) in [6, 6.07) is 4.44. The molecule has 0 aliphatic carbocycles. The smallest absolute Gasteiger partial charge is 0.459 e. The van der Waals surface area contributed by atoms with Crippen LogP contribution in [0.25, 0.3) is 0 Å². The van der Waals surface area contributed by atoms with E-state index in [0.29, 0.717) is 0 Å². The van der Waals surface area contributed by atoms with Crippen molar-refractivity contribution in [2.75, 3.05) is 7.11 Å². The Balaban J connectivity index is 3.14. The Bertz CT molecular complexity index is 569. The topological polar surface area (TPSA) is 46.5 Å². The van der Waals surface area contributed by atoms with E-state index in [1.807, 2.05) is 0 Å². The summed E-state index contributed by atoms with van der Waals surface area (Å²) in [7, 11) is 0.942. The quantitative estimate of drug-likeness (QED) is 0.652. The maximum Gasteiger partial charge on any atom is 0.459 e. The zero-order chi connectivity index (χ0) is 18.1. The summed E-state index contributed by atoms with van der Waals surface area (Å²) in [5.41, 5.74) is -0.967. The minimum atomic E-state index is -6.49. The lowest BCUT2D eigenvalue weighted by Gasteiger charge is -2.29. The van der Waals surface area contributed by atoms with Gasteiger partial charge >= 0.3 is 24.0 Å². The normalized spacial score (nSPS) is 14.5. The molecule has 1 unspecified atom stereocenters. The number of alkyl halides is 7. The molecule has 0 saturated heterocycles. The number of halogens is 7. The highest BCUT2D eigenvalue weighted by atomic mass is 19.4. The summed E-state index contributed by atoms with van der Waals surface area (Å²) in [4.78, 5) is 11.4. The van der Waals surface area contributed by atoms with Gasteiger partial charge in [0.1, 0.15) is 0 Å². The Labute approximate surface area is 125 Å². The van der Waals surface area contributed by atoms with Crippen molar-refractivity contribution in [2.24, 2.45) is 0 Å². The van der Waals surface area contributed by atoms with Gasteiger partial charge in [0.15, 0.2) is 0 Å². The van der Waals surface area contributed by atoms with Crippen LogP contribution >= 0.6 is 0 Å². The maximum atomic E-state index is 13.3. The highest BCUT2D eigenvalue weighted by Crippen LogP contribution is 2.49. The van der Waals surface area contributed by atoms with Gasteiger partial charge in [0.05, 0.1) is 18.8 Å². The number of carbonyl (C=O) groups excluding carboxylic acids is 1. The number of rotatable bonds is 5. The molecule has 0 radical (unpaired) electrons. The fourth-order valence-electron chi connectivity index (χ4n) is 1.77. The van der Waals surface area contributed by atoms with Crippen molar-refractivity contribution >= 4 is 5.97 Å². The number of esters is 1. The second-order valence-electron chi connectivity index (χ2n) is 4.58. The second kappa shape index (κ2) is 6.34. The summed E-state index contributed by atoms with van der Waals surface area (Å²) in [6.45, 7) is 0. The molecule has 0 saturated carbocycles. The van der Waals surface area contributed by atoms with E-state index in [4.69, 9.17) is 0 Å². The second-order valence-corrected chi connectivity index (χ2v) is 4.58. The number of hydrogen-bond donors (Lipinski definition) is 1. The monoisotopic (exact) mass is 348 g/mol. The zero-order valence-corrected chi connectivity index (χ0v) is 11.5. The highest BCUT2D eigenvalue weighted by molar-refractivity contribution is 5.91. The first-order valence-electron chi connectivity index (χ1n) is 6.03. The standard InChI is InChI=1S/C13H11F7O3/c1-23-10(22)8-5-3-2-4-7(8)9(21)6-11(14,15)12(16,17)13(18,19)20/h2-5,9,21H,6H2,1H3. The number of methoxy groups -OCH3 is 1. The van der Waals surface area contributed by atoms with Gasteiger partial charge in [-0.1, -0.05) is 18.2 Å². The fraction of sp³-hybridized carbons (Fsp3) is 0.462. The molecule has 23 heavy (non-hydrogen) atoms. The van der Waals surface area contributed by atoms with Crippen LogP contribution in [0.5, 0.6) is 0 Å². The zero-order valence-electron chi connectivity index (χ0n) is 11.5. The lowest BCUT2D eigenvalue weighted by molar-refractivity contribution is -0.358. The van der Waals surface area contributed by atoms with Crippen LogP contribution in [0.1, 0.15) is 28.4 Å². The fourth-order valence-corrected chi connectivity index (χ4v) is 1.77. The van der Waals surface area contributed by atoms with Gasteiger partial charge in [0.25, 0.3) is 0 Å². The molecule has 0 aromatic heterocycles. The van der Waals surface area contributed by atoms with Crippen LogP contribution < -0.4 is 0 Å². The molecule has 0 aliphatic heterocycles. The van der Waals surface area contributed by atoms with Crippen molar-refractivity contribution in [1.82, 2.24) is 0 Å². The van der Waals surface area contributed by atoms with E-state index >= 15 is 0 Å². The van der Waals surface area contributed by atoms with Crippen LogP contribution in [0.4, 0.5) is 30.7 Å². The molecular formula is C13H11F7O3. The van der Waals surface area contributed by atoms with Gasteiger partial charge in [0.2, 0.25) is 0 Å². The molecule has 3 nitrogen and oxygen atoms in total. The van der Waals surface area contributed by atoms with Gasteiger partial charge in [-0.25, -0.2) is 4.79 Å². The molecule has 130 valence electrons. The van der Waals surface area contributed by atoms with Gasteiger partial charge in [-0.3, -0.25) is 0 Å². The summed E-state index contributed by atoms with van der Waals surface area (Å²) in [6.07, 6.45) is -11.2. The average Bonchev–Trinajstić information content (AvgIpc) is 2.44. The molecule has 1 rings (SSSR count). The van der Waals surface area contributed by atoms with Crippen LogP contribution in [-0.4, -0.2) is 36.2 Å². The molecular weight excluding hydrogens is 337 g/mol. The minimum Gasteiger partial charge on any atom is -0.465 e. The SMILES string of the molecule is COC(=O)c1ccccc1C(O)CC(F)(F)C(F)(F)C(F)(F)F. The lowest BCUT2D eigenvalue weighted by Crippen LogP contribution is -2.52. The average molecular weight is 348 g/mol. The first-order valence-corrected chi connectivity index (χ1v) is 6.03. The summed E-state index contributed by atoms with van der Waals surface area (Å²) in [5.74, 6) is -13.0.